The number of rotatable bonds is 4. The third kappa shape index (κ3) is 2.68. The molecule has 2 heteroatoms. The molecule has 4 atom stereocenters. The summed E-state index contributed by atoms with van der Waals surface area (Å²) in [5.41, 5.74) is 2.82. The van der Waals surface area contributed by atoms with Gasteiger partial charge in [0.25, 0.3) is 0 Å². The standard InChI is InChI=1S/C20H28O2/c1-4-5-6-16-13(2)20(21)12-19-17-10-8-15(22-3)11-14(17)7-9-18(16)19/h8,10-11,13,16,18-19H,4-7,9,12H2,1-3H3/t13-,16-,18+,19+/m0/s1. The molecule has 1 aromatic rings. The number of methoxy groups -OCH3 is 1. The zero-order chi connectivity index (χ0) is 15.7. The number of unbranched alkanes of at least 4 members (excludes halogenated alkanes) is 1. The highest BCUT2D eigenvalue weighted by molar-refractivity contribution is 5.83. The van der Waals surface area contributed by atoms with Crippen molar-refractivity contribution in [3.05, 3.63) is 29.3 Å². The van der Waals surface area contributed by atoms with Crippen LogP contribution >= 0.6 is 0 Å². The fraction of sp³-hybridized carbons (Fsp3) is 0.650. The van der Waals surface area contributed by atoms with Crippen LogP contribution in [-0.4, -0.2) is 12.9 Å². The molecule has 1 fully saturated rings. The van der Waals surface area contributed by atoms with E-state index in [2.05, 4.69) is 32.0 Å². The van der Waals surface area contributed by atoms with Gasteiger partial charge in [0.05, 0.1) is 7.11 Å². The molecule has 22 heavy (non-hydrogen) atoms. The van der Waals surface area contributed by atoms with Crippen LogP contribution in [0.25, 0.3) is 0 Å². The lowest BCUT2D eigenvalue weighted by Crippen LogP contribution is -2.40. The van der Waals surface area contributed by atoms with Crippen molar-refractivity contribution in [3.63, 3.8) is 0 Å². The Kier molecular flexibility index (Phi) is 4.56. The van der Waals surface area contributed by atoms with E-state index in [1.807, 2.05) is 0 Å². The minimum atomic E-state index is 0.257. The first-order chi connectivity index (χ1) is 10.7. The second-order valence-corrected chi connectivity index (χ2v) is 7.14. The van der Waals surface area contributed by atoms with Gasteiger partial charge >= 0.3 is 0 Å². The third-order valence-electron chi connectivity index (χ3n) is 6.03. The number of carbonyl (C=O) groups is 1. The summed E-state index contributed by atoms with van der Waals surface area (Å²) in [4.78, 5) is 12.5. The Hall–Kier alpha value is -1.31. The van der Waals surface area contributed by atoms with Crippen molar-refractivity contribution < 1.29 is 9.53 Å². The van der Waals surface area contributed by atoms with Crippen LogP contribution in [0.15, 0.2) is 18.2 Å². The predicted octanol–water partition coefficient (Wildman–Crippen LogP) is 4.76. The van der Waals surface area contributed by atoms with Crippen LogP contribution in [0.5, 0.6) is 5.75 Å². The lowest BCUT2D eigenvalue weighted by molar-refractivity contribution is -0.129. The number of hydrogen-bond donors (Lipinski definition) is 0. The van der Waals surface area contributed by atoms with E-state index in [9.17, 15) is 4.79 Å². The predicted molar refractivity (Wildman–Crippen MR) is 89.3 cm³/mol. The highest BCUT2D eigenvalue weighted by atomic mass is 16.5. The number of fused-ring (bicyclic) bond motifs is 3. The largest absolute Gasteiger partial charge is 0.497 e. The lowest BCUT2D eigenvalue weighted by Gasteiger charge is -2.45. The summed E-state index contributed by atoms with van der Waals surface area (Å²) in [7, 11) is 1.72. The number of carbonyl (C=O) groups excluding carboxylic acids is 1. The maximum atomic E-state index is 12.5. The molecular weight excluding hydrogens is 272 g/mol. The van der Waals surface area contributed by atoms with Crippen LogP contribution in [0, 0.1) is 17.8 Å². The Morgan fingerprint density at radius 2 is 2.14 bits per heavy atom. The van der Waals surface area contributed by atoms with E-state index in [1.54, 1.807) is 7.11 Å². The second-order valence-electron chi connectivity index (χ2n) is 7.14. The summed E-state index contributed by atoms with van der Waals surface area (Å²) in [5.74, 6) is 3.40. The molecule has 120 valence electrons. The first-order valence-corrected chi connectivity index (χ1v) is 8.85. The van der Waals surface area contributed by atoms with Gasteiger partial charge in [-0.3, -0.25) is 4.79 Å². The minimum Gasteiger partial charge on any atom is -0.497 e. The molecule has 0 saturated heterocycles. The first kappa shape index (κ1) is 15.6. The molecule has 0 unspecified atom stereocenters. The van der Waals surface area contributed by atoms with E-state index >= 15 is 0 Å². The van der Waals surface area contributed by atoms with Crippen LogP contribution in [0.1, 0.15) is 63.0 Å². The van der Waals surface area contributed by atoms with Crippen LogP contribution < -0.4 is 4.74 Å². The lowest BCUT2D eigenvalue weighted by atomic mass is 9.59. The Morgan fingerprint density at radius 3 is 2.86 bits per heavy atom. The highest BCUT2D eigenvalue weighted by Gasteiger charge is 2.44. The monoisotopic (exact) mass is 300 g/mol. The van der Waals surface area contributed by atoms with E-state index < -0.39 is 0 Å². The topological polar surface area (TPSA) is 26.3 Å². The molecule has 0 aliphatic heterocycles. The SMILES string of the molecule is CCCC[C@@H]1[C@H]2CCc3cc(OC)ccc3[C@H]2CC(=O)[C@H]1C. The second kappa shape index (κ2) is 6.44. The van der Waals surface area contributed by atoms with E-state index in [0.717, 1.165) is 18.6 Å². The molecule has 0 amide bonds. The average molecular weight is 300 g/mol. The van der Waals surface area contributed by atoms with Gasteiger partial charge in [0.1, 0.15) is 11.5 Å². The molecule has 0 heterocycles. The molecular formula is C20H28O2. The van der Waals surface area contributed by atoms with Crippen molar-refractivity contribution in [2.75, 3.05) is 7.11 Å². The van der Waals surface area contributed by atoms with Crippen LogP contribution in [-0.2, 0) is 11.2 Å². The summed E-state index contributed by atoms with van der Waals surface area (Å²) in [6.45, 7) is 4.41. The molecule has 1 saturated carbocycles. The van der Waals surface area contributed by atoms with E-state index in [0.29, 0.717) is 23.5 Å². The Bertz CT molecular complexity index is 549. The van der Waals surface area contributed by atoms with Crippen molar-refractivity contribution in [1.82, 2.24) is 0 Å². The van der Waals surface area contributed by atoms with E-state index in [4.69, 9.17) is 4.74 Å². The Balaban J connectivity index is 1.90. The van der Waals surface area contributed by atoms with Gasteiger partial charge in [-0.25, -0.2) is 0 Å². The normalized spacial score (nSPS) is 30.6. The molecule has 2 nitrogen and oxygen atoms in total. The number of aryl methyl sites for hydroxylation is 1. The zero-order valence-electron chi connectivity index (χ0n) is 14.1. The summed E-state index contributed by atoms with van der Waals surface area (Å²) >= 11 is 0. The third-order valence-corrected chi connectivity index (χ3v) is 6.03. The quantitative estimate of drug-likeness (QED) is 0.801. The van der Waals surface area contributed by atoms with Crippen molar-refractivity contribution in [2.24, 2.45) is 17.8 Å². The van der Waals surface area contributed by atoms with Crippen molar-refractivity contribution in [1.29, 1.82) is 0 Å². The van der Waals surface area contributed by atoms with Gasteiger partial charge in [0.15, 0.2) is 0 Å². The molecule has 0 N–H and O–H groups in total. The molecule has 2 aliphatic carbocycles. The number of hydrogen-bond acceptors (Lipinski definition) is 2. The van der Waals surface area contributed by atoms with Gasteiger partial charge < -0.3 is 4.74 Å². The zero-order valence-corrected chi connectivity index (χ0v) is 14.1. The molecule has 0 radical (unpaired) electrons. The number of ketones is 1. The smallest absolute Gasteiger partial charge is 0.136 e. The van der Waals surface area contributed by atoms with Gasteiger partial charge in [-0.05, 0) is 60.3 Å². The Labute approximate surface area is 134 Å². The van der Waals surface area contributed by atoms with Gasteiger partial charge in [-0.1, -0.05) is 32.8 Å². The maximum Gasteiger partial charge on any atom is 0.136 e. The maximum absolute atomic E-state index is 12.5. The van der Waals surface area contributed by atoms with Crippen molar-refractivity contribution in [2.45, 2.75) is 58.3 Å². The fourth-order valence-corrected chi connectivity index (χ4v) is 4.73. The molecule has 3 rings (SSSR count). The van der Waals surface area contributed by atoms with E-state index in [-0.39, 0.29) is 5.92 Å². The van der Waals surface area contributed by atoms with Crippen LogP contribution in [0.3, 0.4) is 0 Å². The molecule has 0 aromatic heterocycles. The van der Waals surface area contributed by atoms with Crippen LogP contribution in [0.4, 0.5) is 0 Å². The van der Waals surface area contributed by atoms with Gasteiger partial charge in [-0.15, -0.1) is 0 Å². The van der Waals surface area contributed by atoms with Gasteiger partial charge in [0.2, 0.25) is 0 Å². The molecule has 2 aliphatic rings. The molecule has 0 bridgehead atoms. The van der Waals surface area contributed by atoms with Gasteiger partial charge in [-0.2, -0.15) is 0 Å². The van der Waals surface area contributed by atoms with Crippen molar-refractivity contribution in [3.8, 4) is 5.75 Å². The molecule has 1 aromatic carbocycles. The number of ether oxygens (including phenoxy) is 1. The summed E-state index contributed by atoms with van der Waals surface area (Å²) in [5, 5.41) is 0. The minimum absolute atomic E-state index is 0.257. The first-order valence-electron chi connectivity index (χ1n) is 8.85. The van der Waals surface area contributed by atoms with Crippen molar-refractivity contribution >= 4 is 5.78 Å². The summed E-state index contributed by atoms with van der Waals surface area (Å²) in [6, 6.07) is 6.45. The Morgan fingerprint density at radius 1 is 1.32 bits per heavy atom. The highest BCUT2D eigenvalue weighted by Crippen LogP contribution is 2.50. The van der Waals surface area contributed by atoms with Crippen LogP contribution in [0.2, 0.25) is 0 Å². The fourth-order valence-electron chi connectivity index (χ4n) is 4.73. The number of benzene rings is 1. The summed E-state index contributed by atoms with van der Waals surface area (Å²) < 4.78 is 5.36. The average Bonchev–Trinajstić information content (AvgIpc) is 2.54. The van der Waals surface area contributed by atoms with Gasteiger partial charge in [0, 0.05) is 12.3 Å². The van der Waals surface area contributed by atoms with E-state index in [1.165, 1.54) is 36.8 Å². The summed E-state index contributed by atoms with van der Waals surface area (Å²) in [6.07, 6.45) is 6.81. The molecule has 0 spiro atoms. The number of Topliss-reactive ketones (excluding diaryl/α,β-unsaturated/α-hetero) is 1.